The monoisotopic (exact) mass is 469 g/mol. The van der Waals surface area contributed by atoms with Crippen LogP contribution in [0.4, 0.5) is 4.79 Å². The van der Waals surface area contributed by atoms with Crippen molar-refractivity contribution >= 4 is 35.5 Å². The van der Waals surface area contributed by atoms with E-state index < -0.39 is 0 Å². The molecule has 32 heavy (non-hydrogen) atoms. The SMILES string of the molecule is NC(=O)CCCCCNC(=O)CCCCCNC(=O)CCCCC1SCC2NC(=O)NC21. The van der Waals surface area contributed by atoms with Gasteiger partial charge in [0.15, 0.2) is 0 Å². The molecule has 9 nitrogen and oxygen atoms in total. The first kappa shape index (κ1) is 26.3. The Hall–Kier alpha value is -1.97. The number of carbonyl (C=O) groups excluding carboxylic acids is 4. The minimum Gasteiger partial charge on any atom is -0.370 e. The summed E-state index contributed by atoms with van der Waals surface area (Å²) in [6.07, 6.45) is 9.45. The van der Waals surface area contributed by atoms with E-state index in [1.165, 1.54) is 0 Å². The number of rotatable bonds is 17. The summed E-state index contributed by atoms with van der Waals surface area (Å²) in [5, 5.41) is 12.2. The predicted octanol–water partition coefficient (Wildman–Crippen LogP) is 1.55. The van der Waals surface area contributed by atoms with Crippen molar-refractivity contribution in [2.45, 2.75) is 94.4 Å². The molecule has 0 aromatic carbocycles. The van der Waals surface area contributed by atoms with Crippen LogP contribution in [0.25, 0.3) is 0 Å². The van der Waals surface area contributed by atoms with Crippen LogP contribution in [0.3, 0.4) is 0 Å². The zero-order valence-corrected chi connectivity index (χ0v) is 19.8. The average molecular weight is 470 g/mol. The number of thioether (sulfide) groups is 1. The molecule has 2 saturated heterocycles. The predicted molar refractivity (Wildman–Crippen MR) is 126 cm³/mol. The standard InChI is InChI=1S/C22H39N5O4S/c23-18(28)10-3-1-7-13-24-19(29)11-4-2-8-14-25-20(30)12-6-5-9-17-21-16(15-32-17)26-22(31)27-21/h16-17,21H,1-15H2,(H2,23,28)(H,24,29)(H,25,30)(H2,26,27,31). The Labute approximate surface area is 195 Å². The maximum absolute atomic E-state index is 12.0. The third-order valence-electron chi connectivity index (χ3n) is 5.91. The molecule has 6 N–H and O–H groups in total. The first-order valence-corrected chi connectivity index (χ1v) is 13.0. The summed E-state index contributed by atoms with van der Waals surface area (Å²) < 4.78 is 0. The molecule has 5 amide bonds. The lowest BCUT2D eigenvalue weighted by Gasteiger charge is -2.16. The van der Waals surface area contributed by atoms with Crippen LogP contribution in [0.15, 0.2) is 0 Å². The number of primary amides is 1. The number of amides is 5. The smallest absolute Gasteiger partial charge is 0.315 e. The fraction of sp³-hybridized carbons (Fsp3) is 0.818. The molecule has 0 spiro atoms. The zero-order valence-electron chi connectivity index (χ0n) is 19.0. The van der Waals surface area contributed by atoms with Gasteiger partial charge in [0, 0.05) is 43.4 Å². The Bertz CT molecular complexity index is 633. The Morgan fingerprint density at radius 1 is 0.844 bits per heavy atom. The molecule has 10 heteroatoms. The summed E-state index contributed by atoms with van der Waals surface area (Å²) in [5.41, 5.74) is 5.08. The summed E-state index contributed by atoms with van der Waals surface area (Å²) in [4.78, 5) is 45.8. The first-order chi connectivity index (χ1) is 15.5. The third kappa shape index (κ3) is 10.6. The van der Waals surface area contributed by atoms with Gasteiger partial charge in [-0.1, -0.05) is 19.3 Å². The molecule has 2 heterocycles. The highest BCUT2D eigenvalue weighted by atomic mass is 32.2. The van der Waals surface area contributed by atoms with Gasteiger partial charge in [0.05, 0.1) is 12.1 Å². The molecule has 2 aliphatic heterocycles. The second-order valence-corrected chi connectivity index (χ2v) is 9.93. The lowest BCUT2D eigenvalue weighted by atomic mass is 10.0. The van der Waals surface area contributed by atoms with Crippen molar-refractivity contribution < 1.29 is 19.2 Å². The van der Waals surface area contributed by atoms with E-state index in [1.807, 2.05) is 11.8 Å². The fourth-order valence-corrected chi connectivity index (χ4v) is 5.64. The average Bonchev–Trinajstić information content (AvgIpc) is 3.29. The second kappa shape index (κ2) is 15.0. The van der Waals surface area contributed by atoms with Gasteiger partial charge < -0.3 is 27.0 Å². The highest BCUT2D eigenvalue weighted by molar-refractivity contribution is 8.00. The molecule has 2 fully saturated rings. The lowest BCUT2D eigenvalue weighted by molar-refractivity contribution is -0.122. The number of unbranched alkanes of at least 4 members (excludes halogenated alkanes) is 5. The highest BCUT2D eigenvalue weighted by Gasteiger charge is 2.42. The van der Waals surface area contributed by atoms with Gasteiger partial charge in [0.2, 0.25) is 17.7 Å². The second-order valence-electron chi connectivity index (χ2n) is 8.66. The lowest BCUT2D eigenvalue weighted by Crippen LogP contribution is -2.36. The summed E-state index contributed by atoms with van der Waals surface area (Å²) in [5.74, 6) is 0.839. The molecular formula is C22H39N5O4S. The van der Waals surface area contributed by atoms with Gasteiger partial charge in [0.1, 0.15) is 0 Å². The topological polar surface area (TPSA) is 142 Å². The minimum atomic E-state index is -0.277. The molecule has 182 valence electrons. The largest absolute Gasteiger partial charge is 0.370 e. The number of hydrogen-bond acceptors (Lipinski definition) is 5. The van der Waals surface area contributed by atoms with Crippen LogP contribution in [-0.4, -0.2) is 59.9 Å². The maximum atomic E-state index is 12.0. The molecule has 0 aliphatic carbocycles. The minimum absolute atomic E-state index is 0.0565. The van der Waals surface area contributed by atoms with Crippen LogP contribution < -0.4 is 27.0 Å². The summed E-state index contributed by atoms with van der Waals surface area (Å²) in [6.45, 7) is 1.29. The van der Waals surface area contributed by atoms with E-state index >= 15 is 0 Å². The number of nitrogens with two attached hydrogens (primary N) is 1. The fourth-order valence-electron chi connectivity index (χ4n) is 4.09. The summed E-state index contributed by atoms with van der Waals surface area (Å²) >= 11 is 1.91. The molecule has 3 unspecified atom stereocenters. The van der Waals surface area contributed by atoms with Gasteiger partial charge in [-0.25, -0.2) is 4.79 Å². The number of hydrogen-bond donors (Lipinski definition) is 5. The van der Waals surface area contributed by atoms with E-state index in [1.54, 1.807) is 0 Å². The van der Waals surface area contributed by atoms with E-state index in [0.717, 1.165) is 63.5 Å². The molecule has 0 aromatic heterocycles. The van der Waals surface area contributed by atoms with E-state index in [9.17, 15) is 19.2 Å². The number of nitrogens with one attached hydrogen (secondary N) is 4. The van der Waals surface area contributed by atoms with E-state index in [-0.39, 0.29) is 35.8 Å². The highest BCUT2D eigenvalue weighted by Crippen LogP contribution is 2.33. The zero-order chi connectivity index (χ0) is 23.2. The molecule has 2 aliphatic rings. The van der Waals surface area contributed by atoms with Crippen LogP contribution in [0.1, 0.15) is 77.0 Å². The van der Waals surface area contributed by atoms with Crippen molar-refractivity contribution in [3.8, 4) is 0 Å². The van der Waals surface area contributed by atoms with Gasteiger partial charge in [-0.3, -0.25) is 14.4 Å². The van der Waals surface area contributed by atoms with E-state index in [0.29, 0.717) is 37.6 Å². The van der Waals surface area contributed by atoms with Gasteiger partial charge in [-0.2, -0.15) is 11.8 Å². The van der Waals surface area contributed by atoms with Crippen molar-refractivity contribution in [1.82, 2.24) is 21.3 Å². The number of carbonyl (C=O) groups is 4. The summed E-state index contributed by atoms with van der Waals surface area (Å²) in [6, 6.07) is 0.433. The Morgan fingerprint density at radius 2 is 1.44 bits per heavy atom. The molecule has 2 rings (SSSR count). The van der Waals surface area contributed by atoms with Crippen LogP contribution in [0, 0.1) is 0 Å². The molecule has 0 bridgehead atoms. The van der Waals surface area contributed by atoms with E-state index in [2.05, 4.69) is 21.3 Å². The van der Waals surface area contributed by atoms with Crippen LogP contribution in [0.5, 0.6) is 0 Å². The Kier molecular flexibility index (Phi) is 12.3. The van der Waals surface area contributed by atoms with Gasteiger partial charge >= 0.3 is 6.03 Å². The van der Waals surface area contributed by atoms with Crippen LogP contribution >= 0.6 is 11.8 Å². The van der Waals surface area contributed by atoms with Crippen molar-refractivity contribution in [3.05, 3.63) is 0 Å². The van der Waals surface area contributed by atoms with Crippen molar-refractivity contribution in [2.75, 3.05) is 18.8 Å². The van der Waals surface area contributed by atoms with Crippen LogP contribution in [0.2, 0.25) is 0 Å². The van der Waals surface area contributed by atoms with Crippen LogP contribution in [-0.2, 0) is 14.4 Å². The normalized spacial score (nSPS) is 21.5. The molecule has 0 aromatic rings. The number of fused-ring (bicyclic) bond motifs is 1. The molecular weight excluding hydrogens is 430 g/mol. The molecule has 0 radical (unpaired) electrons. The first-order valence-electron chi connectivity index (χ1n) is 12.0. The summed E-state index contributed by atoms with van der Waals surface area (Å²) in [7, 11) is 0. The quantitative estimate of drug-likeness (QED) is 0.162. The Balaban J connectivity index is 1.35. The van der Waals surface area contributed by atoms with Crippen molar-refractivity contribution in [3.63, 3.8) is 0 Å². The van der Waals surface area contributed by atoms with Gasteiger partial charge in [-0.15, -0.1) is 0 Å². The third-order valence-corrected chi connectivity index (χ3v) is 7.41. The van der Waals surface area contributed by atoms with E-state index in [4.69, 9.17) is 5.73 Å². The maximum Gasteiger partial charge on any atom is 0.315 e. The number of urea groups is 1. The van der Waals surface area contributed by atoms with Gasteiger partial charge in [0.25, 0.3) is 0 Å². The van der Waals surface area contributed by atoms with Crippen molar-refractivity contribution in [2.24, 2.45) is 5.73 Å². The van der Waals surface area contributed by atoms with Crippen molar-refractivity contribution in [1.29, 1.82) is 0 Å². The molecule has 3 atom stereocenters. The Morgan fingerprint density at radius 3 is 2.06 bits per heavy atom. The molecule has 0 saturated carbocycles. The van der Waals surface area contributed by atoms with Gasteiger partial charge in [-0.05, 0) is 38.5 Å².